The average molecular weight is 269 g/mol. The Hall–Kier alpha value is -2.05. The van der Waals surface area contributed by atoms with Crippen molar-refractivity contribution in [2.24, 2.45) is 0 Å². The zero-order chi connectivity index (χ0) is 14.2. The van der Waals surface area contributed by atoms with Gasteiger partial charge in [-0.15, -0.1) is 6.42 Å². The minimum atomic E-state index is -0.607. The van der Waals surface area contributed by atoms with Gasteiger partial charge in [0.2, 0.25) is 0 Å². The van der Waals surface area contributed by atoms with Crippen molar-refractivity contribution >= 4 is 10.9 Å². The van der Waals surface area contributed by atoms with E-state index in [4.69, 9.17) is 11.2 Å². The summed E-state index contributed by atoms with van der Waals surface area (Å²) in [6, 6.07) is 9.86. The SMILES string of the molecule is C#CC(O)CCCCCOc1ccc2ncccc2c1. The molecule has 0 spiro atoms. The molecule has 0 saturated carbocycles. The van der Waals surface area contributed by atoms with Crippen LogP contribution in [0.25, 0.3) is 10.9 Å². The molecule has 2 rings (SSSR count). The fourth-order valence-electron chi connectivity index (χ4n) is 2.03. The van der Waals surface area contributed by atoms with Gasteiger partial charge in [0.15, 0.2) is 0 Å². The van der Waals surface area contributed by atoms with Crippen molar-refractivity contribution in [3.63, 3.8) is 0 Å². The second-order valence-electron chi connectivity index (χ2n) is 4.74. The molecule has 20 heavy (non-hydrogen) atoms. The summed E-state index contributed by atoms with van der Waals surface area (Å²) in [5, 5.41) is 10.3. The predicted octanol–water partition coefficient (Wildman–Crippen LogP) is 3.17. The molecule has 1 aromatic carbocycles. The molecule has 3 nitrogen and oxygen atoms in total. The summed E-state index contributed by atoms with van der Waals surface area (Å²) in [4.78, 5) is 4.27. The number of rotatable bonds is 7. The second kappa shape index (κ2) is 7.52. The number of nitrogens with zero attached hydrogens (tertiary/aromatic N) is 1. The van der Waals surface area contributed by atoms with Gasteiger partial charge in [0, 0.05) is 11.6 Å². The highest BCUT2D eigenvalue weighted by molar-refractivity contribution is 5.79. The van der Waals surface area contributed by atoms with E-state index in [1.54, 1.807) is 6.20 Å². The van der Waals surface area contributed by atoms with E-state index < -0.39 is 6.10 Å². The number of aliphatic hydroxyl groups is 1. The van der Waals surface area contributed by atoms with Crippen LogP contribution in [0.1, 0.15) is 25.7 Å². The maximum atomic E-state index is 9.22. The molecule has 0 amide bonds. The van der Waals surface area contributed by atoms with Crippen LogP contribution in [0.3, 0.4) is 0 Å². The number of ether oxygens (including phenoxy) is 1. The fraction of sp³-hybridized carbons (Fsp3) is 0.353. The highest BCUT2D eigenvalue weighted by Gasteiger charge is 2.00. The summed E-state index contributed by atoms with van der Waals surface area (Å²) in [7, 11) is 0. The average Bonchev–Trinajstić information content (AvgIpc) is 2.50. The van der Waals surface area contributed by atoms with Gasteiger partial charge >= 0.3 is 0 Å². The third kappa shape index (κ3) is 4.25. The van der Waals surface area contributed by atoms with Crippen molar-refractivity contribution in [3.8, 4) is 18.1 Å². The standard InChI is InChI=1S/C17H19NO2/c1-2-15(19)8-4-3-5-12-20-16-9-10-17-14(13-16)7-6-11-18-17/h1,6-7,9-11,13,15,19H,3-5,8,12H2. The van der Waals surface area contributed by atoms with E-state index >= 15 is 0 Å². The van der Waals surface area contributed by atoms with Crippen molar-refractivity contribution in [1.82, 2.24) is 4.98 Å². The summed E-state index contributed by atoms with van der Waals surface area (Å²) in [5.41, 5.74) is 0.975. The number of hydrogen-bond acceptors (Lipinski definition) is 3. The van der Waals surface area contributed by atoms with Gasteiger partial charge in [0.05, 0.1) is 12.1 Å². The van der Waals surface area contributed by atoms with Crippen molar-refractivity contribution in [3.05, 3.63) is 36.5 Å². The Labute approximate surface area is 119 Å². The summed E-state index contributed by atoms with van der Waals surface area (Å²) >= 11 is 0. The van der Waals surface area contributed by atoms with Crippen LogP contribution in [0.2, 0.25) is 0 Å². The third-order valence-electron chi connectivity index (χ3n) is 3.16. The zero-order valence-electron chi connectivity index (χ0n) is 11.5. The Morgan fingerprint density at radius 1 is 1.25 bits per heavy atom. The van der Waals surface area contributed by atoms with Gasteiger partial charge in [0.25, 0.3) is 0 Å². The van der Waals surface area contributed by atoms with Gasteiger partial charge in [-0.3, -0.25) is 4.98 Å². The molecule has 0 fully saturated rings. The number of pyridine rings is 1. The predicted molar refractivity (Wildman–Crippen MR) is 80.5 cm³/mol. The number of aromatic nitrogens is 1. The molecule has 0 aliphatic heterocycles. The van der Waals surface area contributed by atoms with E-state index in [-0.39, 0.29) is 0 Å². The van der Waals surface area contributed by atoms with Gasteiger partial charge in [-0.25, -0.2) is 0 Å². The summed E-state index contributed by atoms with van der Waals surface area (Å²) in [5.74, 6) is 3.19. The van der Waals surface area contributed by atoms with Crippen LogP contribution in [0.15, 0.2) is 36.5 Å². The summed E-state index contributed by atoms with van der Waals surface area (Å²) in [6.07, 6.45) is 9.84. The monoisotopic (exact) mass is 269 g/mol. The van der Waals surface area contributed by atoms with Crippen LogP contribution in [-0.2, 0) is 0 Å². The molecule has 0 aliphatic carbocycles. The molecule has 104 valence electrons. The lowest BCUT2D eigenvalue weighted by atomic mass is 10.1. The van der Waals surface area contributed by atoms with Crippen LogP contribution in [0, 0.1) is 12.3 Å². The Bertz CT molecular complexity index is 589. The highest BCUT2D eigenvalue weighted by atomic mass is 16.5. The highest BCUT2D eigenvalue weighted by Crippen LogP contribution is 2.19. The minimum Gasteiger partial charge on any atom is -0.494 e. The lowest BCUT2D eigenvalue weighted by Crippen LogP contribution is -2.02. The molecular formula is C17H19NO2. The van der Waals surface area contributed by atoms with Crippen LogP contribution in [0.5, 0.6) is 5.75 Å². The quantitative estimate of drug-likeness (QED) is 0.620. The molecule has 2 aromatic rings. The molecule has 3 heteroatoms. The van der Waals surface area contributed by atoms with Crippen LogP contribution in [0.4, 0.5) is 0 Å². The Kier molecular flexibility index (Phi) is 5.40. The molecule has 1 aromatic heterocycles. The number of fused-ring (bicyclic) bond motifs is 1. The Morgan fingerprint density at radius 3 is 3.00 bits per heavy atom. The maximum Gasteiger partial charge on any atom is 0.120 e. The van der Waals surface area contributed by atoms with Crippen molar-refractivity contribution < 1.29 is 9.84 Å². The van der Waals surface area contributed by atoms with E-state index in [2.05, 4.69) is 10.9 Å². The molecule has 1 N–H and O–H groups in total. The minimum absolute atomic E-state index is 0.607. The smallest absolute Gasteiger partial charge is 0.120 e. The third-order valence-corrected chi connectivity index (χ3v) is 3.16. The van der Waals surface area contributed by atoms with E-state index in [9.17, 15) is 5.11 Å². The molecule has 0 radical (unpaired) electrons. The van der Waals surface area contributed by atoms with Crippen LogP contribution in [-0.4, -0.2) is 22.8 Å². The van der Waals surface area contributed by atoms with E-state index in [0.717, 1.165) is 35.9 Å². The van der Waals surface area contributed by atoms with E-state index in [0.29, 0.717) is 13.0 Å². The number of unbranched alkanes of at least 4 members (excludes halogenated alkanes) is 2. The Balaban J connectivity index is 1.72. The molecule has 1 unspecified atom stereocenters. The number of aliphatic hydroxyl groups excluding tert-OH is 1. The van der Waals surface area contributed by atoms with Gasteiger partial charge in [-0.05, 0) is 49.9 Å². The second-order valence-corrected chi connectivity index (χ2v) is 4.74. The number of hydrogen-bond donors (Lipinski definition) is 1. The van der Waals surface area contributed by atoms with Gasteiger partial charge in [-0.1, -0.05) is 12.0 Å². The van der Waals surface area contributed by atoms with Crippen LogP contribution >= 0.6 is 0 Å². The maximum absolute atomic E-state index is 9.22. The van der Waals surface area contributed by atoms with Crippen molar-refractivity contribution in [1.29, 1.82) is 0 Å². The largest absolute Gasteiger partial charge is 0.494 e. The lowest BCUT2D eigenvalue weighted by molar-refractivity contribution is 0.215. The summed E-state index contributed by atoms with van der Waals surface area (Å²) < 4.78 is 5.72. The van der Waals surface area contributed by atoms with E-state index in [1.165, 1.54) is 0 Å². The van der Waals surface area contributed by atoms with Crippen molar-refractivity contribution in [2.75, 3.05) is 6.61 Å². The normalized spacial score (nSPS) is 12.0. The van der Waals surface area contributed by atoms with Gasteiger partial charge in [-0.2, -0.15) is 0 Å². The lowest BCUT2D eigenvalue weighted by Gasteiger charge is -2.07. The molecule has 0 bridgehead atoms. The first-order chi connectivity index (χ1) is 9.79. The number of benzene rings is 1. The van der Waals surface area contributed by atoms with E-state index in [1.807, 2.05) is 30.3 Å². The molecule has 0 saturated heterocycles. The first kappa shape index (κ1) is 14.4. The van der Waals surface area contributed by atoms with Crippen molar-refractivity contribution in [2.45, 2.75) is 31.8 Å². The first-order valence-corrected chi connectivity index (χ1v) is 6.91. The topological polar surface area (TPSA) is 42.4 Å². The first-order valence-electron chi connectivity index (χ1n) is 6.91. The summed E-state index contributed by atoms with van der Waals surface area (Å²) in [6.45, 7) is 0.678. The molecule has 0 aliphatic rings. The fourth-order valence-corrected chi connectivity index (χ4v) is 2.03. The van der Waals surface area contributed by atoms with Crippen LogP contribution < -0.4 is 4.74 Å². The van der Waals surface area contributed by atoms with Gasteiger partial charge in [0.1, 0.15) is 11.9 Å². The number of terminal acetylenes is 1. The zero-order valence-corrected chi connectivity index (χ0v) is 11.5. The molecule has 1 heterocycles. The Morgan fingerprint density at radius 2 is 2.15 bits per heavy atom. The van der Waals surface area contributed by atoms with Gasteiger partial charge < -0.3 is 9.84 Å². The molecular weight excluding hydrogens is 250 g/mol. The molecule has 1 atom stereocenters.